The summed E-state index contributed by atoms with van der Waals surface area (Å²) >= 11 is 1.66. The van der Waals surface area contributed by atoms with E-state index in [1.165, 1.54) is 10.4 Å². The van der Waals surface area contributed by atoms with Gasteiger partial charge in [0.25, 0.3) is 0 Å². The van der Waals surface area contributed by atoms with Crippen molar-refractivity contribution >= 4 is 17.4 Å². The molecule has 2 aromatic rings. The molecule has 0 bridgehead atoms. The molecule has 3 rings (SSSR count). The van der Waals surface area contributed by atoms with Crippen LogP contribution in [0.25, 0.3) is 0 Å². The van der Waals surface area contributed by atoms with Gasteiger partial charge < -0.3 is 19.7 Å². The van der Waals surface area contributed by atoms with Crippen molar-refractivity contribution in [2.45, 2.75) is 26.5 Å². The maximum absolute atomic E-state index is 12.4. The van der Waals surface area contributed by atoms with Gasteiger partial charge in [-0.2, -0.15) is 0 Å². The van der Waals surface area contributed by atoms with Crippen molar-refractivity contribution in [3.63, 3.8) is 0 Å². The summed E-state index contributed by atoms with van der Waals surface area (Å²) in [5.74, 6) is 1.49. The Hall–Kier alpha value is -2.21. The van der Waals surface area contributed by atoms with Crippen molar-refractivity contribution in [3.8, 4) is 11.5 Å². The quantitative estimate of drug-likeness (QED) is 0.902. The van der Waals surface area contributed by atoms with E-state index in [1.54, 1.807) is 16.2 Å². The summed E-state index contributed by atoms with van der Waals surface area (Å²) in [6.45, 7) is 6.15. The first-order valence-electron chi connectivity index (χ1n) is 8.11. The number of carbonyl (C=O) groups is 1. The molecule has 2 amide bonds. The van der Waals surface area contributed by atoms with Crippen LogP contribution in [-0.2, 0) is 6.54 Å². The van der Waals surface area contributed by atoms with Crippen LogP contribution in [0.4, 0.5) is 4.79 Å². The number of likely N-dealkylation sites (N-methyl/N-ethyl adjacent to an activating group) is 1. The lowest BCUT2D eigenvalue weighted by atomic mass is 10.2. The fourth-order valence-corrected chi connectivity index (χ4v) is 3.45. The van der Waals surface area contributed by atoms with Gasteiger partial charge in [0.1, 0.15) is 6.61 Å². The van der Waals surface area contributed by atoms with E-state index < -0.39 is 0 Å². The first-order chi connectivity index (χ1) is 11.7. The number of aryl methyl sites for hydroxylation is 1. The second-order valence-corrected chi connectivity index (χ2v) is 6.72. The number of hydrogen-bond donors (Lipinski definition) is 1. The minimum atomic E-state index is -0.158. The van der Waals surface area contributed by atoms with Gasteiger partial charge in [0.2, 0.25) is 0 Å². The van der Waals surface area contributed by atoms with Crippen LogP contribution >= 0.6 is 11.3 Å². The molecule has 2 heterocycles. The number of fused-ring (bicyclic) bond motifs is 1. The summed E-state index contributed by atoms with van der Waals surface area (Å²) < 4.78 is 11.7. The Labute approximate surface area is 146 Å². The third kappa shape index (κ3) is 3.82. The maximum Gasteiger partial charge on any atom is 0.317 e. The van der Waals surface area contributed by atoms with Crippen LogP contribution in [0.3, 0.4) is 0 Å². The number of para-hydroxylation sites is 2. The standard InChI is InChI=1S/C18H22N2O3S/c1-3-20(18(21)19-10-17-13(2)8-9-24-17)11-14-12-22-15-6-4-5-7-16(15)23-14/h4-9,14H,3,10-12H2,1-2H3,(H,19,21). The minimum absolute atomic E-state index is 0.0761. The van der Waals surface area contributed by atoms with E-state index in [0.29, 0.717) is 26.2 Å². The van der Waals surface area contributed by atoms with Crippen LogP contribution in [0.2, 0.25) is 0 Å². The average Bonchev–Trinajstić information content (AvgIpc) is 3.02. The molecule has 1 aliphatic heterocycles. The first-order valence-corrected chi connectivity index (χ1v) is 8.99. The normalized spacial score (nSPS) is 15.8. The summed E-state index contributed by atoms with van der Waals surface area (Å²) in [6, 6.07) is 9.59. The highest BCUT2D eigenvalue weighted by Crippen LogP contribution is 2.31. The molecule has 1 aromatic heterocycles. The van der Waals surface area contributed by atoms with Gasteiger partial charge in [-0.1, -0.05) is 12.1 Å². The molecule has 5 nitrogen and oxygen atoms in total. The largest absolute Gasteiger partial charge is 0.486 e. The Morgan fingerprint density at radius 2 is 2.12 bits per heavy atom. The fraction of sp³-hybridized carbons (Fsp3) is 0.389. The predicted molar refractivity (Wildman–Crippen MR) is 94.9 cm³/mol. The van der Waals surface area contributed by atoms with Gasteiger partial charge in [-0.3, -0.25) is 0 Å². The molecule has 6 heteroatoms. The number of urea groups is 1. The summed E-state index contributed by atoms with van der Waals surface area (Å²) in [6.07, 6.45) is -0.158. The Balaban J connectivity index is 1.55. The molecule has 1 aromatic carbocycles. The molecule has 0 aliphatic carbocycles. The molecule has 1 atom stereocenters. The van der Waals surface area contributed by atoms with Crippen LogP contribution in [-0.4, -0.2) is 36.7 Å². The second-order valence-electron chi connectivity index (χ2n) is 5.72. The van der Waals surface area contributed by atoms with Crippen LogP contribution < -0.4 is 14.8 Å². The van der Waals surface area contributed by atoms with Gasteiger partial charge >= 0.3 is 6.03 Å². The van der Waals surface area contributed by atoms with Crippen molar-refractivity contribution in [2.24, 2.45) is 0 Å². The monoisotopic (exact) mass is 346 g/mol. The van der Waals surface area contributed by atoms with Gasteiger partial charge in [-0.25, -0.2) is 4.79 Å². The van der Waals surface area contributed by atoms with Crippen LogP contribution in [0, 0.1) is 6.92 Å². The highest BCUT2D eigenvalue weighted by molar-refractivity contribution is 7.10. The number of nitrogens with zero attached hydrogens (tertiary/aromatic N) is 1. The molecule has 1 aliphatic rings. The van der Waals surface area contributed by atoms with Gasteiger partial charge in [0.15, 0.2) is 17.6 Å². The molecule has 128 valence electrons. The van der Waals surface area contributed by atoms with Gasteiger partial charge in [-0.15, -0.1) is 11.3 Å². The first kappa shape index (κ1) is 16.6. The van der Waals surface area contributed by atoms with Gasteiger partial charge in [-0.05, 0) is 43.0 Å². The second kappa shape index (κ2) is 7.57. The van der Waals surface area contributed by atoms with Gasteiger partial charge in [0, 0.05) is 11.4 Å². The molecule has 24 heavy (non-hydrogen) atoms. The van der Waals surface area contributed by atoms with Crippen LogP contribution in [0.1, 0.15) is 17.4 Å². The van der Waals surface area contributed by atoms with E-state index in [1.807, 2.05) is 36.6 Å². The number of benzene rings is 1. The van der Waals surface area contributed by atoms with E-state index in [-0.39, 0.29) is 12.1 Å². The minimum Gasteiger partial charge on any atom is -0.486 e. The summed E-state index contributed by atoms with van der Waals surface area (Å²) in [7, 11) is 0. The zero-order valence-electron chi connectivity index (χ0n) is 14.0. The Morgan fingerprint density at radius 1 is 1.33 bits per heavy atom. The third-order valence-corrected chi connectivity index (χ3v) is 5.05. The van der Waals surface area contributed by atoms with Crippen molar-refractivity contribution in [1.29, 1.82) is 0 Å². The van der Waals surface area contributed by atoms with E-state index in [4.69, 9.17) is 9.47 Å². The highest BCUT2D eigenvalue weighted by atomic mass is 32.1. The number of amides is 2. The maximum atomic E-state index is 12.4. The topological polar surface area (TPSA) is 50.8 Å². The van der Waals surface area contributed by atoms with E-state index in [2.05, 4.69) is 18.3 Å². The number of nitrogens with one attached hydrogen (secondary N) is 1. The summed E-state index contributed by atoms with van der Waals surface area (Å²) in [4.78, 5) is 15.4. The molecule has 1 unspecified atom stereocenters. The number of ether oxygens (including phenoxy) is 2. The molecule has 0 fully saturated rings. The number of rotatable bonds is 5. The third-order valence-electron chi connectivity index (χ3n) is 4.03. The molecule has 0 radical (unpaired) electrons. The molecular formula is C18H22N2O3S. The number of thiophene rings is 1. The number of carbonyl (C=O) groups excluding carboxylic acids is 1. The molecule has 0 spiro atoms. The fourth-order valence-electron chi connectivity index (χ4n) is 2.61. The van der Waals surface area contributed by atoms with Crippen molar-refractivity contribution in [2.75, 3.05) is 19.7 Å². The lowest BCUT2D eigenvalue weighted by Crippen LogP contribution is -2.47. The molecule has 0 saturated heterocycles. The van der Waals surface area contributed by atoms with Crippen LogP contribution in [0.15, 0.2) is 35.7 Å². The van der Waals surface area contributed by atoms with E-state index in [0.717, 1.165) is 11.5 Å². The highest BCUT2D eigenvalue weighted by Gasteiger charge is 2.24. The Bertz CT molecular complexity index is 701. The van der Waals surface area contributed by atoms with Crippen molar-refractivity contribution in [1.82, 2.24) is 10.2 Å². The molecular weight excluding hydrogens is 324 g/mol. The number of hydrogen-bond acceptors (Lipinski definition) is 4. The predicted octanol–water partition coefficient (Wildman–Crippen LogP) is 3.43. The van der Waals surface area contributed by atoms with E-state index in [9.17, 15) is 4.79 Å². The SMILES string of the molecule is CCN(CC1COc2ccccc2O1)C(=O)NCc1sccc1C. The van der Waals surface area contributed by atoms with Crippen molar-refractivity contribution < 1.29 is 14.3 Å². The molecule has 1 N–H and O–H groups in total. The lowest BCUT2D eigenvalue weighted by Gasteiger charge is -2.30. The Kier molecular flexibility index (Phi) is 5.25. The summed E-state index contributed by atoms with van der Waals surface area (Å²) in [5.41, 5.74) is 1.21. The Morgan fingerprint density at radius 3 is 2.83 bits per heavy atom. The van der Waals surface area contributed by atoms with Gasteiger partial charge in [0.05, 0.1) is 13.1 Å². The zero-order chi connectivity index (χ0) is 16.9. The average molecular weight is 346 g/mol. The van der Waals surface area contributed by atoms with Crippen LogP contribution in [0.5, 0.6) is 11.5 Å². The van der Waals surface area contributed by atoms with Crippen molar-refractivity contribution in [3.05, 3.63) is 46.2 Å². The summed E-state index contributed by atoms with van der Waals surface area (Å²) in [5, 5.41) is 5.03. The van der Waals surface area contributed by atoms with E-state index >= 15 is 0 Å². The smallest absolute Gasteiger partial charge is 0.317 e. The molecule has 0 saturated carbocycles. The lowest BCUT2D eigenvalue weighted by molar-refractivity contribution is 0.0675. The zero-order valence-corrected chi connectivity index (χ0v) is 14.8.